The SMILES string of the molecule is CCc1c(C)c(C#N)c2[nH]c3ccccc3[n+]2c1NCCOCCO. The van der Waals surface area contributed by atoms with Crippen molar-refractivity contribution in [1.29, 1.82) is 5.26 Å². The Morgan fingerprint density at radius 2 is 2.12 bits per heavy atom. The molecule has 0 atom stereocenters. The third-order valence-electron chi connectivity index (χ3n) is 4.44. The molecule has 0 saturated heterocycles. The Hall–Kier alpha value is -2.62. The second-order valence-corrected chi connectivity index (χ2v) is 5.88. The first-order valence-electron chi connectivity index (χ1n) is 8.53. The summed E-state index contributed by atoms with van der Waals surface area (Å²) in [6, 6.07) is 10.4. The number of nitrogens with one attached hydrogen (secondary N) is 2. The number of nitrogens with zero attached hydrogens (tertiary/aromatic N) is 2. The van der Waals surface area contributed by atoms with Crippen molar-refractivity contribution in [2.75, 3.05) is 31.7 Å². The van der Waals surface area contributed by atoms with Gasteiger partial charge >= 0.3 is 0 Å². The van der Waals surface area contributed by atoms with Crippen LogP contribution in [0.1, 0.15) is 23.6 Å². The Morgan fingerprint density at radius 1 is 1.32 bits per heavy atom. The van der Waals surface area contributed by atoms with Gasteiger partial charge in [0, 0.05) is 5.56 Å². The molecule has 6 heteroatoms. The molecule has 0 unspecified atom stereocenters. The van der Waals surface area contributed by atoms with Crippen molar-refractivity contribution >= 4 is 22.5 Å². The van der Waals surface area contributed by atoms with E-state index in [1.807, 2.05) is 31.2 Å². The number of H-pyrrole nitrogens is 1. The average Bonchev–Trinajstić information content (AvgIpc) is 3.00. The predicted molar refractivity (Wildman–Crippen MR) is 96.7 cm³/mol. The molecule has 1 aromatic carbocycles. The normalized spacial score (nSPS) is 11.1. The van der Waals surface area contributed by atoms with Crippen LogP contribution in [0.15, 0.2) is 24.3 Å². The molecule has 3 rings (SSSR count). The van der Waals surface area contributed by atoms with E-state index in [9.17, 15) is 5.26 Å². The summed E-state index contributed by atoms with van der Waals surface area (Å²) >= 11 is 0. The first kappa shape index (κ1) is 17.2. The topological polar surface area (TPSA) is 85.2 Å². The van der Waals surface area contributed by atoms with Crippen LogP contribution in [0.2, 0.25) is 0 Å². The van der Waals surface area contributed by atoms with Gasteiger partial charge in [-0.05, 0) is 31.0 Å². The van der Waals surface area contributed by atoms with Crippen LogP contribution >= 0.6 is 0 Å². The van der Waals surface area contributed by atoms with Crippen LogP contribution in [0.4, 0.5) is 5.82 Å². The Morgan fingerprint density at radius 3 is 2.84 bits per heavy atom. The van der Waals surface area contributed by atoms with Gasteiger partial charge in [0.2, 0.25) is 11.5 Å². The van der Waals surface area contributed by atoms with Crippen molar-refractivity contribution in [3.05, 3.63) is 41.0 Å². The molecule has 2 aromatic heterocycles. The van der Waals surface area contributed by atoms with E-state index in [1.165, 1.54) is 0 Å². The number of ether oxygens (including phenoxy) is 1. The summed E-state index contributed by atoms with van der Waals surface area (Å²) in [5, 5.41) is 21.9. The zero-order chi connectivity index (χ0) is 17.8. The van der Waals surface area contributed by atoms with Gasteiger partial charge in [0.15, 0.2) is 0 Å². The first-order chi connectivity index (χ1) is 12.2. The Bertz CT molecular complexity index is 940. The average molecular weight is 339 g/mol. The summed E-state index contributed by atoms with van der Waals surface area (Å²) in [5.74, 6) is 0.985. The summed E-state index contributed by atoms with van der Waals surface area (Å²) in [7, 11) is 0. The molecule has 0 aliphatic carbocycles. The van der Waals surface area contributed by atoms with E-state index < -0.39 is 0 Å². The van der Waals surface area contributed by atoms with Crippen LogP contribution in [0.5, 0.6) is 0 Å². The summed E-state index contributed by atoms with van der Waals surface area (Å²) in [6.07, 6.45) is 0.822. The zero-order valence-electron chi connectivity index (χ0n) is 14.6. The lowest BCUT2D eigenvalue weighted by molar-refractivity contribution is -0.465. The van der Waals surface area contributed by atoms with E-state index in [1.54, 1.807) is 0 Å². The van der Waals surface area contributed by atoms with Crippen molar-refractivity contribution in [3.63, 3.8) is 0 Å². The maximum atomic E-state index is 9.68. The molecule has 3 aromatic rings. The minimum atomic E-state index is 0.0254. The quantitative estimate of drug-likeness (QED) is 0.454. The van der Waals surface area contributed by atoms with Gasteiger partial charge in [-0.3, -0.25) is 4.98 Å². The number of aromatic nitrogens is 2. The van der Waals surface area contributed by atoms with Crippen molar-refractivity contribution in [3.8, 4) is 6.07 Å². The highest BCUT2D eigenvalue weighted by Gasteiger charge is 2.24. The molecule has 0 radical (unpaired) electrons. The molecule has 6 nitrogen and oxygen atoms in total. The number of pyridine rings is 1. The number of fused-ring (bicyclic) bond motifs is 3. The summed E-state index contributed by atoms with van der Waals surface area (Å²) in [4.78, 5) is 3.38. The number of anilines is 1. The van der Waals surface area contributed by atoms with Crippen LogP contribution in [-0.2, 0) is 11.2 Å². The van der Waals surface area contributed by atoms with E-state index in [0.717, 1.165) is 40.0 Å². The molecule has 3 N–H and O–H groups in total. The fourth-order valence-electron chi connectivity index (χ4n) is 3.29. The third kappa shape index (κ3) is 3.04. The maximum Gasteiger partial charge on any atom is 0.250 e. The number of hydrogen-bond donors (Lipinski definition) is 3. The number of para-hydroxylation sites is 2. The number of rotatable bonds is 7. The molecule has 0 spiro atoms. The molecule has 0 aliphatic rings. The minimum Gasteiger partial charge on any atom is -0.394 e. The van der Waals surface area contributed by atoms with Gasteiger partial charge in [-0.1, -0.05) is 19.1 Å². The Labute approximate surface area is 146 Å². The molecule has 2 heterocycles. The van der Waals surface area contributed by atoms with E-state index in [0.29, 0.717) is 25.3 Å². The largest absolute Gasteiger partial charge is 0.394 e. The fraction of sp³-hybridized carbons (Fsp3) is 0.368. The lowest BCUT2D eigenvalue weighted by Crippen LogP contribution is -2.31. The monoisotopic (exact) mass is 339 g/mol. The van der Waals surface area contributed by atoms with Crippen molar-refractivity contribution in [1.82, 2.24) is 4.98 Å². The van der Waals surface area contributed by atoms with Gasteiger partial charge in [-0.15, -0.1) is 0 Å². The van der Waals surface area contributed by atoms with Crippen LogP contribution < -0.4 is 9.72 Å². The number of aliphatic hydroxyl groups is 1. The number of aliphatic hydroxyl groups excluding tert-OH is 1. The van der Waals surface area contributed by atoms with Gasteiger partial charge in [0.1, 0.15) is 22.7 Å². The third-order valence-corrected chi connectivity index (χ3v) is 4.44. The molecule has 0 fully saturated rings. The van der Waals surface area contributed by atoms with Crippen molar-refractivity contribution in [2.24, 2.45) is 0 Å². The van der Waals surface area contributed by atoms with E-state index in [4.69, 9.17) is 9.84 Å². The summed E-state index contributed by atoms with van der Waals surface area (Å²) < 4.78 is 7.44. The molecule has 0 saturated carbocycles. The van der Waals surface area contributed by atoms with Gasteiger partial charge in [0.25, 0.3) is 0 Å². The van der Waals surface area contributed by atoms with E-state index in [2.05, 4.69) is 27.7 Å². The second-order valence-electron chi connectivity index (χ2n) is 5.88. The van der Waals surface area contributed by atoms with Crippen LogP contribution in [0, 0.1) is 18.3 Å². The zero-order valence-corrected chi connectivity index (χ0v) is 14.6. The molecule has 0 aliphatic heterocycles. The predicted octanol–water partition coefficient (Wildman–Crippen LogP) is 2.07. The van der Waals surface area contributed by atoms with E-state index >= 15 is 0 Å². The van der Waals surface area contributed by atoms with Gasteiger partial charge in [-0.2, -0.15) is 9.66 Å². The maximum absolute atomic E-state index is 9.68. The van der Waals surface area contributed by atoms with Gasteiger partial charge in [0.05, 0.1) is 26.4 Å². The molecule has 130 valence electrons. The number of hydrogen-bond acceptors (Lipinski definition) is 4. The Balaban J connectivity index is 2.17. The van der Waals surface area contributed by atoms with Crippen LogP contribution in [0.3, 0.4) is 0 Å². The standard InChI is InChI=1S/C19H22N4O2/c1-3-14-13(2)15(12-20)19-22-16-6-4-5-7-17(16)23(19)18(14)21-8-10-25-11-9-24/h4-7,24H,3,8-11H2,1-2H3,(H,21,22)/p+1. The minimum absolute atomic E-state index is 0.0254. The van der Waals surface area contributed by atoms with Crippen molar-refractivity contribution in [2.45, 2.75) is 20.3 Å². The smallest absolute Gasteiger partial charge is 0.250 e. The molecular weight excluding hydrogens is 316 g/mol. The molecule has 0 amide bonds. The fourth-order valence-corrected chi connectivity index (χ4v) is 3.29. The highest BCUT2D eigenvalue weighted by Crippen LogP contribution is 2.25. The lowest BCUT2D eigenvalue weighted by Gasteiger charge is -2.12. The number of benzene rings is 1. The molecular formula is C19H23N4O2+. The number of aromatic amines is 1. The number of nitriles is 1. The van der Waals surface area contributed by atoms with Crippen LogP contribution in [-0.4, -0.2) is 36.5 Å². The second kappa shape index (κ2) is 7.51. The number of imidazole rings is 1. The highest BCUT2D eigenvalue weighted by atomic mass is 16.5. The summed E-state index contributed by atoms with van der Waals surface area (Å²) in [6.45, 7) is 5.59. The lowest BCUT2D eigenvalue weighted by atomic mass is 10.0. The molecule has 25 heavy (non-hydrogen) atoms. The van der Waals surface area contributed by atoms with Crippen LogP contribution in [0.25, 0.3) is 16.7 Å². The van der Waals surface area contributed by atoms with Gasteiger partial charge in [-0.25, -0.2) is 0 Å². The van der Waals surface area contributed by atoms with E-state index in [-0.39, 0.29) is 6.61 Å². The Kier molecular flexibility index (Phi) is 5.17. The van der Waals surface area contributed by atoms with Gasteiger partial charge < -0.3 is 15.2 Å². The highest BCUT2D eigenvalue weighted by molar-refractivity contribution is 5.78. The van der Waals surface area contributed by atoms with Crippen molar-refractivity contribution < 1.29 is 14.2 Å². The molecule has 0 bridgehead atoms. The first-order valence-corrected chi connectivity index (χ1v) is 8.53. The summed E-state index contributed by atoms with van der Waals surface area (Å²) in [5.41, 5.74) is 5.62.